The van der Waals surface area contributed by atoms with Gasteiger partial charge < -0.3 is 14.6 Å². The summed E-state index contributed by atoms with van der Waals surface area (Å²) in [6.07, 6.45) is 10.8. The van der Waals surface area contributed by atoms with Crippen LogP contribution in [-0.4, -0.2) is 36.4 Å². The highest BCUT2D eigenvalue weighted by Crippen LogP contribution is 2.48. The summed E-state index contributed by atoms with van der Waals surface area (Å²) in [6, 6.07) is 0.533. The average Bonchev–Trinajstić information content (AvgIpc) is 3.14. The lowest BCUT2D eigenvalue weighted by Crippen LogP contribution is -2.43. The highest BCUT2D eigenvalue weighted by molar-refractivity contribution is 5.20. The zero-order valence-corrected chi connectivity index (χ0v) is 13.6. The fourth-order valence-electron chi connectivity index (χ4n) is 4.80. The summed E-state index contributed by atoms with van der Waals surface area (Å²) in [7, 11) is 1.77. The van der Waals surface area contributed by atoms with Gasteiger partial charge in [0.05, 0.1) is 5.41 Å². The molecule has 3 fully saturated rings. The first-order valence-corrected chi connectivity index (χ1v) is 8.86. The lowest BCUT2D eigenvalue weighted by molar-refractivity contribution is 0.122. The van der Waals surface area contributed by atoms with Crippen LogP contribution in [0.2, 0.25) is 0 Å². The predicted molar refractivity (Wildman–Crippen MR) is 82.9 cm³/mol. The molecule has 1 N–H and O–H groups in total. The number of nitrogens with zero attached hydrogens (tertiary/aromatic N) is 2. The van der Waals surface area contributed by atoms with Crippen molar-refractivity contribution in [2.24, 2.45) is 0 Å². The van der Waals surface area contributed by atoms with Gasteiger partial charge in [-0.1, -0.05) is 24.4 Å². The third kappa shape index (κ3) is 2.13. The topological polar surface area (TPSA) is 60.2 Å². The SMILES string of the molecule is COCCC1(c2noc([C@@]34CCCC[C@@H]3NCC4)n2)CCC1. The van der Waals surface area contributed by atoms with Crippen LogP contribution in [0.15, 0.2) is 4.52 Å². The fraction of sp³-hybridized carbons (Fsp3) is 0.882. The van der Waals surface area contributed by atoms with E-state index in [1.54, 1.807) is 7.11 Å². The molecule has 0 amide bonds. The van der Waals surface area contributed by atoms with Crippen LogP contribution >= 0.6 is 0 Å². The highest BCUT2D eigenvalue weighted by Gasteiger charge is 2.51. The van der Waals surface area contributed by atoms with E-state index in [2.05, 4.69) is 10.5 Å². The Balaban J connectivity index is 1.61. The minimum atomic E-state index is 0.107. The van der Waals surface area contributed by atoms with Gasteiger partial charge in [0.15, 0.2) is 5.82 Å². The molecule has 0 radical (unpaired) electrons. The number of hydrogen-bond acceptors (Lipinski definition) is 5. The van der Waals surface area contributed by atoms with Crippen molar-refractivity contribution in [2.45, 2.75) is 74.7 Å². The van der Waals surface area contributed by atoms with Gasteiger partial charge in [0.25, 0.3) is 0 Å². The molecular weight excluding hydrogens is 278 g/mol. The fourth-order valence-corrected chi connectivity index (χ4v) is 4.80. The Bertz CT molecular complexity index is 526. The number of methoxy groups -OCH3 is 1. The second-order valence-corrected chi connectivity index (χ2v) is 7.46. The van der Waals surface area contributed by atoms with Crippen molar-refractivity contribution < 1.29 is 9.26 Å². The molecule has 1 aromatic rings. The van der Waals surface area contributed by atoms with Crippen molar-refractivity contribution in [3.05, 3.63) is 11.7 Å². The monoisotopic (exact) mass is 305 g/mol. The number of hydrogen-bond donors (Lipinski definition) is 1. The van der Waals surface area contributed by atoms with Gasteiger partial charge in [-0.3, -0.25) is 0 Å². The van der Waals surface area contributed by atoms with Crippen LogP contribution in [0, 0.1) is 0 Å². The molecule has 122 valence electrons. The molecule has 4 rings (SSSR count). The van der Waals surface area contributed by atoms with E-state index in [0.29, 0.717) is 6.04 Å². The molecule has 2 saturated carbocycles. The zero-order chi connectivity index (χ0) is 15.0. The van der Waals surface area contributed by atoms with Gasteiger partial charge in [0.2, 0.25) is 5.89 Å². The molecule has 0 bridgehead atoms. The van der Waals surface area contributed by atoms with Crippen LogP contribution in [-0.2, 0) is 15.6 Å². The van der Waals surface area contributed by atoms with Gasteiger partial charge in [-0.05, 0) is 45.1 Å². The van der Waals surface area contributed by atoms with Crippen LogP contribution in [0.5, 0.6) is 0 Å². The van der Waals surface area contributed by atoms with E-state index in [9.17, 15) is 0 Å². The molecule has 5 heteroatoms. The van der Waals surface area contributed by atoms with Crippen molar-refractivity contribution in [3.63, 3.8) is 0 Å². The van der Waals surface area contributed by atoms with E-state index in [-0.39, 0.29) is 10.8 Å². The van der Waals surface area contributed by atoms with Gasteiger partial charge in [-0.2, -0.15) is 4.98 Å². The van der Waals surface area contributed by atoms with E-state index in [1.165, 1.54) is 44.9 Å². The first-order chi connectivity index (χ1) is 10.8. The minimum Gasteiger partial charge on any atom is -0.385 e. The summed E-state index contributed by atoms with van der Waals surface area (Å²) in [6.45, 7) is 1.86. The van der Waals surface area contributed by atoms with E-state index < -0.39 is 0 Å². The molecule has 1 aromatic heterocycles. The van der Waals surface area contributed by atoms with Crippen molar-refractivity contribution in [1.82, 2.24) is 15.5 Å². The van der Waals surface area contributed by atoms with Crippen molar-refractivity contribution in [3.8, 4) is 0 Å². The second-order valence-electron chi connectivity index (χ2n) is 7.46. The normalized spacial score (nSPS) is 33.4. The quantitative estimate of drug-likeness (QED) is 0.906. The number of rotatable bonds is 5. The number of nitrogens with one attached hydrogen (secondary N) is 1. The van der Waals surface area contributed by atoms with E-state index >= 15 is 0 Å². The molecule has 0 spiro atoms. The van der Waals surface area contributed by atoms with Gasteiger partial charge in [-0.25, -0.2) is 0 Å². The molecule has 2 aliphatic carbocycles. The summed E-state index contributed by atoms with van der Waals surface area (Å²) in [4.78, 5) is 4.94. The van der Waals surface area contributed by atoms with Crippen molar-refractivity contribution in [1.29, 1.82) is 0 Å². The maximum absolute atomic E-state index is 5.83. The predicted octanol–water partition coefficient (Wildman–Crippen LogP) is 2.70. The smallest absolute Gasteiger partial charge is 0.234 e. The van der Waals surface area contributed by atoms with Crippen LogP contribution in [0.25, 0.3) is 0 Å². The highest BCUT2D eigenvalue weighted by atomic mass is 16.5. The third-order valence-corrected chi connectivity index (χ3v) is 6.42. The summed E-state index contributed by atoms with van der Waals surface area (Å²) >= 11 is 0. The maximum atomic E-state index is 5.83. The summed E-state index contributed by atoms with van der Waals surface area (Å²) in [5.41, 5.74) is 0.223. The third-order valence-electron chi connectivity index (χ3n) is 6.42. The van der Waals surface area contributed by atoms with Crippen LogP contribution in [0.4, 0.5) is 0 Å². The standard InChI is InChI=1S/C17H27N3O2/c1-21-12-10-16(6-4-7-16)14-19-15(22-20-14)17-8-3-2-5-13(17)18-11-9-17/h13,18H,2-12H2,1H3/t13-,17+/m0/s1. The number of aromatic nitrogens is 2. The van der Waals surface area contributed by atoms with E-state index in [4.69, 9.17) is 14.2 Å². The lowest BCUT2D eigenvalue weighted by atomic mass is 9.66. The molecule has 1 aliphatic heterocycles. The van der Waals surface area contributed by atoms with E-state index in [0.717, 1.165) is 37.7 Å². The van der Waals surface area contributed by atoms with Crippen LogP contribution in [0.3, 0.4) is 0 Å². The molecule has 1 saturated heterocycles. The molecule has 2 heterocycles. The zero-order valence-electron chi connectivity index (χ0n) is 13.6. The van der Waals surface area contributed by atoms with Crippen LogP contribution < -0.4 is 5.32 Å². The minimum absolute atomic E-state index is 0.107. The lowest BCUT2D eigenvalue weighted by Gasteiger charge is -2.39. The Hall–Kier alpha value is -0.940. The molecule has 0 unspecified atom stereocenters. The average molecular weight is 305 g/mol. The number of fused-ring (bicyclic) bond motifs is 1. The summed E-state index contributed by atoms with van der Waals surface area (Å²) < 4.78 is 11.1. The Morgan fingerprint density at radius 3 is 2.91 bits per heavy atom. The van der Waals surface area contributed by atoms with E-state index in [1.807, 2.05) is 0 Å². The Kier molecular flexibility index (Phi) is 3.73. The second kappa shape index (κ2) is 5.60. The molecule has 0 aromatic carbocycles. The Morgan fingerprint density at radius 2 is 2.14 bits per heavy atom. The van der Waals surface area contributed by atoms with Crippen molar-refractivity contribution >= 4 is 0 Å². The molecule has 22 heavy (non-hydrogen) atoms. The summed E-state index contributed by atoms with van der Waals surface area (Å²) in [5.74, 6) is 1.84. The molecule has 5 nitrogen and oxygen atoms in total. The van der Waals surface area contributed by atoms with Gasteiger partial charge in [-0.15, -0.1) is 0 Å². The first-order valence-electron chi connectivity index (χ1n) is 8.86. The van der Waals surface area contributed by atoms with Gasteiger partial charge >= 0.3 is 0 Å². The van der Waals surface area contributed by atoms with Crippen molar-refractivity contribution in [2.75, 3.05) is 20.3 Å². The Labute approximate surface area is 132 Å². The molecular formula is C17H27N3O2. The van der Waals surface area contributed by atoms with Gasteiger partial charge in [0, 0.05) is 25.2 Å². The first kappa shape index (κ1) is 14.6. The number of ether oxygens (including phenoxy) is 1. The Morgan fingerprint density at radius 1 is 1.23 bits per heavy atom. The summed E-state index contributed by atoms with van der Waals surface area (Å²) in [5, 5.41) is 8.08. The molecule has 3 aliphatic rings. The van der Waals surface area contributed by atoms with Gasteiger partial charge in [0.1, 0.15) is 0 Å². The van der Waals surface area contributed by atoms with Crippen LogP contribution in [0.1, 0.15) is 69.5 Å². The maximum Gasteiger partial charge on any atom is 0.234 e. The molecule has 2 atom stereocenters. The largest absolute Gasteiger partial charge is 0.385 e.